The van der Waals surface area contributed by atoms with Gasteiger partial charge < -0.3 is 0 Å². The lowest BCUT2D eigenvalue weighted by atomic mass is 10.2. The first-order valence-corrected chi connectivity index (χ1v) is 7.65. The molecule has 1 atom stereocenters. The molecule has 1 nitrogen and oxygen atoms in total. The van der Waals surface area contributed by atoms with Gasteiger partial charge in [0.05, 0.1) is 0 Å². The van der Waals surface area contributed by atoms with E-state index >= 15 is 0 Å². The van der Waals surface area contributed by atoms with E-state index in [4.69, 9.17) is 11.6 Å². The molecule has 0 heterocycles. The normalized spacial score (nSPS) is 12.3. The molecule has 0 saturated carbocycles. The molecule has 2 rings (SSSR count). The van der Waals surface area contributed by atoms with Crippen molar-refractivity contribution in [3.63, 3.8) is 0 Å². The van der Waals surface area contributed by atoms with Gasteiger partial charge in [0.2, 0.25) is 0 Å². The van der Waals surface area contributed by atoms with Crippen molar-refractivity contribution in [2.45, 2.75) is 18.4 Å². The number of aryl methyl sites for hydroxylation is 1. The van der Waals surface area contributed by atoms with Crippen LogP contribution in [0.15, 0.2) is 48.5 Å². The highest BCUT2D eigenvalue weighted by atomic mass is 35.5. The lowest BCUT2D eigenvalue weighted by molar-refractivity contribution is 0.682. The molecule has 94 valence electrons. The van der Waals surface area contributed by atoms with E-state index in [2.05, 4.69) is 0 Å². The minimum atomic E-state index is -0.896. The standard InChI is InChI=1S/C15H15ClOS/c1-12-5-7-13(8-6-12)10-18(17)11-14-3-2-4-15(16)9-14/h2-9H,10-11H2,1H3/t18-/m0/s1. The maximum absolute atomic E-state index is 12.0. The molecule has 2 aromatic rings. The lowest BCUT2D eigenvalue weighted by Gasteiger charge is -2.04. The molecule has 3 heteroatoms. The van der Waals surface area contributed by atoms with E-state index in [1.165, 1.54) is 5.56 Å². The first-order chi connectivity index (χ1) is 8.63. The third-order valence-electron chi connectivity index (χ3n) is 2.66. The van der Waals surface area contributed by atoms with Crippen molar-refractivity contribution in [2.75, 3.05) is 0 Å². The van der Waals surface area contributed by atoms with Crippen molar-refractivity contribution in [1.29, 1.82) is 0 Å². The summed E-state index contributed by atoms with van der Waals surface area (Å²) in [7, 11) is -0.896. The Hall–Kier alpha value is -1.12. The smallest absolute Gasteiger partial charge is 0.0489 e. The largest absolute Gasteiger partial charge is 0.259 e. The Morgan fingerprint density at radius 2 is 1.67 bits per heavy atom. The highest BCUT2D eigenvalue weighted by Gasteiger charge is 2.04. The molecule has 2 aromatic carbocycles. The van der Waals surface area contributed by atoms with Gasteiger partial charge in [0.1, 0.15) is 0 Å². The summed E-state index contributed by atoms with van der Waals surface area (Å²) in [6, 6.07) is 15.7. The molecule has 0 radical (unpaired) electrons. The molecule has 18 heavy (non-hydrogen) atoms. The van der Waals surface area contributed by atoms with Crippen LogP contribution >= 0.6 is 11.6 Å². The molecule has 0 aliphatic carbocycles. The monoisotopic (exact) mass is 278 g/mol. The van der Waals surface area contributed by atoms with Crippen LogP contribution in [0.25, 0.3) is 0 Å². The van der Waals surface area contributed by atoms with Crippen LogP contribution in [0.1, 0.15) is 16.7 Å². The predicted octanol–water partition coefficient (Wildman–Crippen LogP) is 4.10. The first kappa shape index (κ1) is 13.3. The van der Waals surface area contributed by atoms with Crippen molar-refractivity contribution in [2.24, 2.45) is 0 Å². The Morgan fingerprint density at radius 3 is 2.33 bits per heavy atom. The topological polar surface area (TPSA) is 17.1 Å². The van der Waals surface area contributed by atoms with Gasteiger partial charge in [0.15, 0.2) is 0 Å². The second kappa shape index (κ2) is 6.17. The molecule has 0 bridgehead atoms. The van der Waals surface area contributed by atoms with Crippen LogP contribution in [0, 0.1) is 6.92 Å². The molecule has 0 aliphatic heterocycles. The van der Waals surface area contributed by atoms with Gasteiger partial charge in [-0.2, -0.15) is 0 Å². The molecular weight excluding hydrogens is 264 g/mol. The number of halogens is 1. The van der Waals surface area contributed by atoms with Crippen LogP contribution in [0.2, 0.25) is 5.02 Å². The third-order valence-corrected chi connectivity index (χ3v) is 4.21. The minimum absolute atomic E-state index is 0.550. The van der Waals surface area contributed by atoms with Crippen molar-refractivity contribution in [3.8, 4) is 0 Å². The Morgan fingerprint density at radius 1 is 1.00 bits per heavy atom. The maximum Gasteiger partial charge on any atom is 0.0489 e. The van der Waals surface area contributed by atoms with E-state index in [0.29, 0.717) is 16.5 Å². The fourth-order valence-corrected chi connectivity index (χ4v) is 3.16. The molecule has 0 saturated heterocycles. The van der Waals surface area contributed by atoms with Gasteiger partial charge >= 0.3 is 0 Å². The van der Waals surface area contributed by atoms with Gasteiger partial charge in [-0.1, -0.05) is 53.6 Å². The molecule has 0 aromatic heterocycles. The van der Waals surface area contributed by atoms with E-state index in [0.717, 1.165) is 11.1 Å². The van der Waals surface area contributed by atoms with Crippen molar-refractivity contribution in [3.05, 3.63) is 70.2 Å². The van der Waals surface area contributed by atoms with Crippen LogP contribution in [-0.2, 0) is 22.3 Å². The summed E-state index contributed by atoms with van der Waals surface area (Å²) in [5.41, 5.74) is 3.35. The van der Waals surface area contributed by atoms with E-state index in [1.807, 2.05) is 55.5 Å². The third kappa shape index (κ3) is 3.97. The second-order valence-corrected chi connectivity index (χ2v) is 6.24. The Kier molecular flexibility index (Phi) is 4.56. The number of hydrogen-bond acceptors (Lipinski definition) is 1. The first-order valence-electron chi connectivity index (χ1n) is 5.78. The SMILES string of the molecule is Cc1ccc(C[S@](=O)Cc2cccc(Cl)c2)cc1. The predicted molar refractivity (Wildman–Crippen MR) is 78.2 cm³/mol. The second-order valence-electron chi connectivity index (χ2n) is 4.34. The van der Waals surface area contributed by atoms with Crippen LogP contribution in [-0.4, -0.2) is 4.21 Å². The van der Waals surface area contributed by atoms with E-state index in [9.17, 15) is 4.21 Å². The summed E-state index contributed by atoms with van der Waals surface area (Å²) < 4.78 is 12.0. The van der Waals surface area contributed by atoms with Gasteiger partial charge in [0.25, 0.3) is 0 Å². The Bertz CT molecular complexity index is 549. The zero-order chi connectivity index (χ0) is 13.0. The minimum Gasteiger partial charge on any atom is -0.259 e. The highest BCUT2D eigenvalue weighted by Crippen LogP contribution is 2.14. The Labute approximate surface area is 115 Å². The van der Waals surface area contributed by atoms with Gasteiger partial charge in [0, 0.05) is 27.3 Å². The summed E-state index contributed by atoms with van der Waals surface area (Å²) in [5, 5.41) is 0.694. The maximum atomic E-state index is 12.0. The zero-order valence-corrected chi connectivity index (χ0v) is 11.8. The quantitative estimate of drug-likeness (QED) is 0.823. The number of hydrogen-bond donors (Lipinski definition) is 0. The molecule has 0 aliphatic rings. The molecule has 0 amide bonds. The van der Waals surface area contributed by atoms with Crippen LogP contribution in [0.4, 0.5) is 0 Å². The number of benzene rings is 2. The van der Waals surface area contributed by atoms with Crippen LogP contribution in [0.3, 0.4) is 0 Å². The van der Waals surface area contributed by atoms with Crippen molar-refractivity contribution < 1.29 is 4.21 Å². The van der Waals surface area contributed by atoms with Gasteiger partial charge in [-0.15, -0.1) is 0 Å². The number of rotatable bonds is 4. The van der Waals surface area contributed by atoms with Crippen molar-refractivity contribution in [1.82, 2.24) is 0 Å². The van der Waals surface area contributed by atoms with E-state index < -0.39 is 10.8 Å². The average molecular weight is 279 g/mol. The van der Waals surface area contributed by atoms with Gasteiger partial charge in [-0.05, 0) is 30.2 Å². The van der Waals surface area contributed by atoms with Crippen LogP contribution in [0.5, 0.6) is 0 Å². The zero-order valence-electron chi connectivity index (χ0n) is 10.2. The summed E-state index contributed by atoms with van der Waals surface area (Å²) >= 11 is 5.91. The Balaban J connectivity index is 1.98. The molecule has 0 fully saturated rings. The average Bonchev–Trinajstić information content (AvgIpc) is 2.32. The molecule has 0 N–H and O–H groups in total. The van der Waals surface area contributed by atoms with Gasteiger partial charge in [-0.3, -0.25) is 4.21 Å². The summed E-state index contributed by atoms with van der Waals surface area (Å²) in [5.74, 6) is 1.14. The highest BCUT2D eigenvalue weighted by molar-refractivity contribution is 7.83. The lowest BCUT2D eigenvalue weighted by Crippen LogP contribution is -1.99. The summed E-state index contributed by atoms with van der Waals surface area (Å²) in [4.78, 5) is 0. The van der Waals surface area contributed by atoms with Gasteiger partial charge in [-0.25, -0.2) is 0 Å². The summed E-state index contributed by atoms with van der Waals surface area (Å²) in [6.07, 6.45) is 0. The fraction of sp³-hybridized carbons (Fsp3) is 0.200. The fourth-order valence-electron chi connectivity index (χ4n) is 1.73. The summed E-state index contributed by atoms with van der Waals surface area (Å²) in [6.45, 7) is 2.05. The molecular formula is C15H15ClOS. The molecule has 0 unspecified atom stereocenters. The molecule has 0 spiro atoms. The van der Waals surface area contributed by atoms with Crippen LogP contribution < -0.4 is 0 Å². The van der Waals surface area contributed by atoms with E-state index in [-0.39, 0.29) is 0 Å². The van der Waals surface area contributed by atoms with E-state index in [1.54, 1.807) is 0 Å². The van der Waals surface area contributed by atoms with Crippen molar-refractivity contribution >= 4 is 22.4 Å².